The minimum absolute atomic E-state index is 0.408. The van der Waals surface area contributed by atoms with Gasteiger partial charge in [0.25, 0.3) is 0 Å². The molecular weight excluding hydrogens is 278 g/mol. The second kappa shape index (κ2) is 5.09. The van der Waals surface area contributed by atoms with E-state index < -0.39 is 0 Å². The molecule has 0 atom stereocenters. The molecule has 2 heterocycles. The van der Waals surface area contributed by atoms with E-state index in [1.54, 1.807) is 6.07 Å². The van der Waals surface area contributed by atoms with Crippen molar-refractivity contribution >= 4 is 28.1 Å². The van der Waals surface area contributed by atoms with Crippen molar-refractivity contribution in [3.63, 3.8) is 0 Å². The number of hydrogen-bond acceptors (Lipinski definition) is 6. The maximum absolute atomic E-state index is 5.90. The Kier molecular flexibility index (Phi) is 2.94. The third-order valence-electron chi connectivity index (χ3n) is 3.58. The molecular formula is C16H15N5O. The molecule has 0 aliphatic carbocycles. The lowest BCUT2D eigenvalue weighted by atomic mass is 10.1. The minimum atomic E-state index is 0.408. The largest absolute Gasteiger partial charge is 0.486 e. The molecule has 0 amide bonds. The van der Waals surface area contributed by atoms with Crippen LogP contribution >= 0.6 is 0 Å². The lowest BCUT2D eigenvalue weighted by Gasteiger charge is -2.11. The first-order chi connectivity index (χ1) is 10.8. The van der Waals surface area contributed by atoms with Crippen molar-refractivity contribution < 1.29 is 4.74 Å². The summed E-state index contributed by atoms with van der Waals surface area (Å²) in [6.45, 7) is 0.461. The molecule has 4 rings (SSSR count). The number of nitrogens with zero attached hydrogens (tertiary/aromatic N) is 1. The number of aromatic nitrogens is 1. The maximum Gasteiger partial charge on any atom is 0.172 e. The molecule has 22 heavy (non-hydrogen) atoms. The van der Waals surface area contributed by atoms with Crippen LogP contribution in [0.3, 0.4) is 0 Å². The smallest absolute Gasteiger partial charge is 0.172 e. The number of nitrogens with one attached hydrogen (secondary N) is 3. The lowest BCUT2D eigenvalue weighted by Crippen LogP contribution is -2.19. The van der Waals surface area contributed by atoms with E-state index in [2.05, 4.69) is 51.7 Å². The van der Waals surface area contributed by atoms with Gasteiger partial charge in [0, 0.05) is 6.07 Å². The van der Waals surface area contributed by atoms with E-state index in [1.165, 1.54) is 10.8 Å². The van der Waals surface area contributed by atoms with E-state index in [-0.39, 0.29) is 0 Å². The molecule has 0 saturated carbocycles. The van der Waals surface area contributed by atoms with Crippen LogP contribution in [-0.2, 0) is 6.61 Å². The number of anilines is 3. The van der Waals surface area contributed by atoms with Crippen molar-refractivity contribution in [1.82, 2.24) is 10.5 Å². The summed E-state index contributed by atoms with van der Waals surface area (Å²) >= 11 is 0. The number of hydrazine groups is 2. The average Bonchev–Trinajstić information content (AvgIpc) is 3.00. The highest BCUT2D eigenvalue weighted by Gasteiger charge is 2.17. The highest BCUT2D eigenvalue weighted by molar-refractivity contribution is 5.83. The number of fused-ring (bicyclic) bond motifs is 2. The Hall–Kier alpha value is -2.99. The van der Waals surface area contributed by atoms with Crippen molar-refractivity contribution in [2.24, 2.45) is 0 Å². The fraction of sp³-hybridized carbons (Fsp3) is 0.0625. The van der Waals surface area contributed by atoms with Gasteiger partial charge in [-0.2, -0.15) is 0 Å². The van der Waals surface area contributed by atoms with Gasteiger partial charge in [-0.25, -0.2) is 4.98 Å². The molecule has 0 unspecified atom stereocenters. The first-order valence-corrected chi connectivity index (χ1v) is 6.97. The minimum Gasteiger partial charge on any atom is -0.486 e. The first-order valence-electron chi connectivity index (χ1n) is 6.97. The van der Waals surface area contributed by atoms with Crippen LogP contribution in [0, 0.1) is 0 Å². The van der Waals surface area contributed by atoms with Gasteiger partial charge in [-0.1, -0.05) is 36.4 Å². The van der Waals surface area contributed by atoms with Gasteiger partial charge in [0.15, 0.2) is 11.6 Å². The Morgan fingerprint density at radius 2 is 1.86 bits per heavy atom. The summed E-state index contributed by atoms with van der Waals surface area (Å²) in [4.78, 5) is 4.17. The second-order valence-electron chi connectivity index (χ2n) is 5.11. The molecule has 6 nitrogen and oxygen atoms in total. The van der Waals surface area contributed by atoms with Gasteiger partial charge in [-0.15, -0.1) is 5.53 Å². The Balaban J connectivity index is 1.59. The third-order valence-corrected chi connectivity index (χ3v) is 3.58. The zero-order chi connectivity index (χ0) is 14.9. The van der Waals surface area contributed by atoms with Gasteiger partial charge in [0.2, 0.25) is 0 Å². The van der Waals surface area contributed by atoms with Crippen LogP contribution in [0.5, 0.6) is 5.75 Å². The fourth-order valence-corrected chi connectivity index (χ4v) is 2.51. The van der Waals surface area contributed by atoms with Crippen LogP contribution in [0.4, 0.5) is 17.3 Å². The summed E-state index contributed by atoms with van der Waals surface area (Å²) in [5, 5.41) is 2.42. The molecule has 1 aliphatic rings. The Morgan fingerprint density at radius 1 is 1.00 bits per heavy atom. The van der Waals surface area contributed by atoms with Crippen molar-refractivity contribution in [1.29, 1.82) is 0 Å². The molecule has 0 fully saturated rings. The summed E-state index contributed by atoms with van der Waals surface area (Å²) in [6.07, 6.45) is 0. The van der Waals surface area contributed by atoms with E-state index in [4.69, 9.17) is 10.5 Å². The summed E-state index contributed by atoms with van der Waals surface area (Å²) in [6, 6.07) is 16.3. The van der Waals surface area contributed by atoms with Crippen molar-refractivity contribution in [2.45, 2.75) is 6.61 Å². The quantitative estimate of drug-likeness (QED) is 0.594. The summed E-state index contributed by atoms with van der Waals surface area (Å²) in [5.41, 5.74) is 16.3. The SMILES string of the molecule is Nc1cc(OCc2ccc3ccccc3c2)c2c(n1)NNN2. The van der Waals surface area contributed by atoms with E-state index in [0.29, 0.717) is 24.0 Å². The molecule has 110 valence electrons. The normalized spacial score (nSPS) is 12.5. The fourth-order valence-electron chi connectivity index (χ4n) is 2.51. The number of benzene rings is 2. The average molecular weight is 293 g/mol. The molecule has 0 saturated heterocycles. The monoisotopic (exact) mass is 293 g/mol. The molecule has 3 aromatic rings. The highest BCUT2D eigenvalue weighted by Crippen LogP contribution is 2.35. The van der Waals surface area contributed by atoms with Gasteiger partial charge in [0.1, 0.15) is 18.1 Å². The van der Waals surface area contributed by atoms with E-state index in [1.807, 2.05) is 12.1 Å². The van der Waals surface area contributed by atoms with Crippen LogP contribution in [0.15, 0.2) is 48.5 Å². The van der Waals surface area contributed by atoms with E-state index in [0.717, 1.165) is 11.3 Å². The van der Waals surface area contributed by atoms with Gasteiger partial charge in [0.05, 0.1) is 0 Å². The number of ether oxygens (including phenoxy) is 1. The van der Waals surface area contributed by atoms with Gasteiger partial charge < -0.3 is 10.5 Å². The Labute approximate surface area is 127 Å². The predicted octanol–water partition coefficient (Wildman–Crippen LogP) is 2.65. The number of rotatable bonds is 3. The van der Waals surface area contributed by atoms with E-state index in [9.17, 15) is 0 Å². The maximum atomic E-state index is 5.90. The van der Waals surface area contributed by atoms with Gasteiger partial charge in [-0.3, -0.25) is 10.9 Å². The van der Waals surface area contributed by atoms with Crippen molar-refractivity contribution in [3.8, 4) is 5.75 Å². The molecule has 6 heteroatoms. The number of nitrogen functional groups attached to an aromatic ring is 1. The predicted molar refractivity (Wildman–Crippen MR) is 87.3 cm³/mol. The molecule has 0 radical (unpaired) electrons. The second-order valence-corrected chi connectivity index (χ2v) is 5.11. The molecule has 2 aromatic carbocycles. The zero-order valence-corrected chi connectivity index (χ0v) is 11.8. The van der Waals surface area contributed by atoms with Crippen molar-refractivity contribution in [2.75, 3.05) is 16.6 Å². The third kappa shape index (κ3) is 2.25. The van der Waals surface area contributed by atoms with Gasteiger partial charge in [-0.05, 0) is 22.4 Å². The molecule has 0 spiro atoms. The van der Waals surface area contributed by atoms with Crippen LogP contribution in [-0.4, -0.2) is 4.98 Å². The van der Waals surface area contributed by atoms with Crippen LogP contribution in [0.1, 0.15) is 5.56 Å². The highest BCUT2D eigenvalue weighted by atomic mass is 16.5. The molecule has 5 N–H and O–H groups in total. The lowest BCUT2D eigenvalue weighted by molar-refractivity contribution is 0.308. The molecule has 0 bridgehead atoms. The van der Waals surface area contributed by atoms with Gasteiger partial charge >= 0.3 is 0 Å². The number of pyridine rings is 1. The summed E-state index contributed by atoms with van der Waals surface area (Å²) in [5.74, 6) is 1.70. The standard InChI is InChI=1S/C16H15N5O/c17-14-8-13(15-16(18-14)20-21-19-15)22-9-10-5-6-11-3-1-2-4-12(11)7-10/h1-8,19,21H,9H2,(H3,17,18,20). The molecule has 1 aromatic heterocycles. The van der Waals surface area contributed by atoms with Crippen LogP contribution < -0.4 is 26.9 Å². The van der Waals surface area contributed by atoms with Crippen molar-refractivity contribution in [3.05, 3.63) is 54.1 Å². The number of nitrogens with two attached hydrogens (primary N) is 1. The number of hydrogen-bond donors (Lipinski definition) is 4. The zero-order valence-electron chi connectivity index (χ0n) is 11.8. The summed E-state index contributed by atoms with van der Waals surface area (Å²) < 4.78 is 5.90. The Bertz CT molecular complexity index is 849. The van der Waals surface area contributed by atoms with Crippen LogP contribution in [0.2, 0.25) is 0 Å². The summed E-state index contributed by atoms with van der Waals surface area (Å²) in [7, 11) is 0. The first kappa shape index (κ1) is 12.7. The Morgan fingerprint density at radius 3 is 2.77 bits per heavy atom. The van der Waals surface area contributed by atoms with E-state index >= 15 is 0 Å². The topological polar surface area (TPSA) is 84.2 Å². The van der Waals surface area contributed by atoms with Crippen LogP contribution in [0.25, 0.3) is 10.8 Å². The molecule has 1 aliphatic heterocycles.